The number of primary amides is 1. The van der Waals surface area contributed by atoms with Crippen molar-refractivity contribution < 1.29 is 9.59 Å². The van der Waals surface area contributed by atoms with Gasteiger partial charge in [0.25, 0.3) is 5.91 Å². The van der Waals surface area contributed by atoms with Gasteiger partial charge in [0.1, 0.15) is 0 Å². The third-order valence-corrected chi connectivity index (χ3v) is 4.49. The van der Waals surface area contributed by atoms with Crippen LogP contribution in [0.4, 0.5) is 5.69 Å². The molecule has 1 aromatic carbocycles. The van der Waals surface area contributed by atoms with Gasteiger partial charge in [-0.2, -0.15) is 5.10 Å². The fourth-order valence-electron chi connectivity index (χ4n) is 3.33. The van der Waals surface area contributed by atoms with Crippen molar-refractivity contribution >= 4 is 17.5 Å². The van der Waals surface area contributed by atoms with Crippen molar-refractivity contribution in [3.05, 3.63) is 47.8 Å². The van der Waals surface area contributed by atoms with Gasteiger partial charge in [-0.25, -0.2) is 0 Å². The van der Waals surface area contributed by atoms with E-state index in [-0.39, 0.29) is 5.91 Å². The van der Waals surface area contributed by atoms with Gasteiger partial charge in [0.15, 0.2) is 0 Å². The third-order valence-electron chi connectivity index (χ3n) is 4.49. The molecule has 1 aliphatic rings. The third kappa shape index (κ3) is 4.45. The normalized spacial score (nSPS) is 17.6. The summed E-state index contributed by atoms with van der Waals surface area (Å²) >= 11 is 0. The number of nitrogens with zero attached hydrogens (tertiary/aromatic N) is 3. The van der Waals surface area contributed by atoms with E-state index >= 15 is 0 Å². The standard InChI is InChI=1S/C18H23N5O2/c1-22-10-14(9-20-22)8-13-6-7-23(11-13)12-17(24)21-16-5-3-2-4-15(16)18(19)25/h2-5,9-10,13H,6-8,11-12H2,1H3,(H2,19,25)(H,21,24). The van der Waals surface area contributed by atoms with Crippen LogP contribution < -0.4 is 11.1 Å². The maximum Gasteiger partial charge on any atom is 0.250 e. The lowest BCUT2D eigenvalue weighted by Gasteiger charge is -2.16. The number of amides is 2. The number of benzene rings is 1. The smallest absolute Gasteiger partial charge is 0.250 e. The number of anilines is 1. The molecule has 132 valence electrons. The van der Waals surface area contributed by atoms with Crippen molar-refractivity contribution in [2.75, 3.05) is 25.0 Å². The molecule has 0 saturated carbocycles. The molecular formula is C18H23N5O2. The summed E-state index contributed by atoms with van der Waals surface area (Å²) in [5.41, 5.74) is 7.36. The molecule has 7 nitrogen and oxygen atoms in total. The van der Waals surface area contributed by atoms with E-state index < -0.39 is 5.91 Å². The van der Waals surface area contributed by atoms with Crippen LogP contribution in [0.1, 0.15) is 22.3 Å². The number of nitrogens with two attached hydrogens (primary N) is 1. The second-order valence-electron chi connectivity index (χ2n) is 6.57. The van der Waals surface area contributed by atoms with Gasteiger partial charge >= 0.3 is 0 Å². The summed E-state index contributed by atoms with van der Waals surface area (Å²) in [6, 6.07) is 6.78. The molecule has 2 aromatic rings. The zero-order valence-electron chi connectivity index (χ0n) is 14.3. The first-order valence-corrected chi connectivity index (χ1v) is 8.40. The van der Waals surface area contributed by atoms with Gasteiger partial charge in [-0.3, -0.25) is 19.2 Å². The molecule has 1 fully saturated rings. The largest absolute Gasteiger partial charge is 0.366 e. The summed E-state index contributed by atoms with van der Waals surface area (Å²) < 4.78 is 1.81. The minimum Gasteiger partial charge on any atom is -0.366 e. The van der Waals surface area contributed by atoms with Crippen LogP contribution >= 0.6 is 0 Å². The van der Waals surface area contributed by atoms with Crippen LogP contribution in [0.3, 0.4) is 0 Å². The molecule has 1 atom stereocenters. The second kappa shape index (κ2) is 7.48. The molecule has 25 heavy (non-hydrogen) atoms. The highest BCUT2D eigenvalue weighted by Gasteiger charge is 2.24. The summed E-state index contributed by atoms with van der Waals surface area (Å²) in [4.78, 5) is 25.9. The van der Waals surface area contributed by atoms with Crippen LogP contribution in [0.25, 0.3) is 0 Å². The van der Waals surface area contributed by atoms with Crippen molar-refractivity contribution in [1.29, 1.82) is 0 Å². The van der Waals surface area contributed by atoms with E-state index in [1.807, 2.05) is 24.1 Å². The average molecular weight is 341 g/mol. The molecule has 0 spiro atoms. The molecule has 1 unspecified atom stereocenters. The van der Waals surface area contributed by atoms with Crippen LogP contribution in [0.15, 0.2) is 36.7 Å². The first kappa shape index (κ1) is 17.2. The van der Waals surface area contributed by atoms with Crippen LogP contribution in [0.5, 0.6) is 0 Å². The number of hydrogen-bond acceptors (Lipinski definition) is 4. The van der Waals surface area contributed by atoms with E-state index in [9.17, 15) is 9.59 Å². The van der Waals surface area contributed by atoms with Crippen molar-refractivity contribution in [1.82, 2.24) is 14.7 Å². The Labute approximate surface area is 146 Å². The van der Waals surface area contributed by atoms with Gasteiger partial charge in [-0.15, -0.1) is 0 Å². The van der Waals surface area contributed by atoms with Crippen LogP contribution in [-0.2, 0) is 18.3 Å². The molecule has 1 saturated heterocycles. The van der Waals surface area contributed by atoms with Crippen LogP contribution in [-0.4, -0.2) is 46.1 Å². The van der Waals surface area contributed by atoms with E-state index in [4.69, 9.17) is 5.73 Å². The van der Waals surface area contributed by atoms with Crippen molar-refractivity contribution in [3.63, 3.8) is 0 Å². The Morgan fingerprint density at radius 1 is 1.36 bits per heavy atom. The average Bonchev–Trinajstić information content (AvgIpc) is 3.17. The molecule has 1 aromatic heterocycles. The Morgan fingerprint density at radius 2 is 2.16 bits per heavy atom. The Balaban J connectivity index is 1.51. The van der Waals surface area contributed by atoms with Gasteiger partial charge in [-0.1, -0.05) is 12.1 Å². The Hall–Kier alpha value is -2.67. The second-order valence-corrected chi connectivity index (χ2v) is 6.57. The van der Waals surface area contributed by atoms with E-state index in [1.54, 1.807) is 24.3 Å². The number of rotatable bonds is 6. The number of likely N-dealkylation sites (tertiary alicyclic amines) is 1. The van der Waals surface area contributed by atoms with Crippen molar-refractivity contribution in [2.45, 2.75) is 12.8 Å². The quantitative estimate of drug-likeness (QED) is 0.820. The predicted molar refractivity (Wildman–Crippen MR) is 95.0 cm³/mol. The maximum absolute atomic E-state index is 12.3. The SMILES string of the molecule is Cn1cc(CC2CCN(CC(=O)Nc3ccccc3C(N)=O)C2)cn1. The number of aryl methyl sites for hydroxylation is 1. The fraction of sp³-hybridized carbons (Fsp3) is 0.389. The Morgan fingerprint density at radius 3 is 2.88 bits per heavy atom. The lowest BCUT2D eigenvalue weighted by molar-refractivity contribution is -0.117. The van der Waals surface area contributed by atoms with Gasteiger partial charge in [0, 0.05) is 19.8 Å². The molecular weight excluding hydrogens is 318 g/mol. The fourth-order valence-corrected chi connectivity index (χ4v) is 3.33. The minimum absolute atomic E-state index is 0.129. The highest BCUT2D eigenvalue weighted by atomic mass is 16.2. The van der Waals surface area contributed by atoms with Crippen molar-refractivity contribution in [2.24, 2.45) is 18.7 Å². The zero-order chi connectivity index (χ0) is 17.8. The number of aromatic nitrogens is 2. The maximum atomic E-state index is 12.3. The molecule has 3 N–H and O–H groups in total. The summed E-state index contributed by atoms with van der Waals surface area (Å²) in [6.45, 7) is 2.10. The Bertz CT molecular complexity index is 770. The molecule has 7 heteroatoms. The number of carbonyl (C=O) groups excluding carboxylic acids is 2. The first-order valence-electron chi connectivity index (χ1n) is 8.40. The van der Waals surface area contributed by atoms with Crippen LogP contribution in [0, 0.1) is 5.92 Å². The lowest BCUT2D eigenvalue weighted by Crippen LogP contribution is -2.32. The molecule has 3 rings (SSSR count). The molecule has 0 bridgehead atoms. The van der Waals surface area contributed by atoms with Gasteiger partial charge in [-0.05, 0) is 43.0 Å². The highest BCUT2D eigenvalue weighted by molar-refractivity contribution is 6.03. The zero-order valence-corrected chi connectivity index (χ0v) is 14.3. The number of carbonyl (C=O) groups is 2. The van der Waals surface area contributed by atoms with Gasteiger partial charge in [0.2, 0.25) is 5.91 Å². The van der Waals surface area contributed by atoms with E-state index in [0.717, 1.165) is 25.9 Å². The van der Waals surface area contributed by atoms with Crippen molar-refractivity contribution in [3.8, 4) is 0 Å². The summed E-state index contributed by atoms with van der Waals surface area (Å²) in [7, 11) is 1.92. The van der Waals surface area contributed by atoms with Gasteiger partial charge < -0.3 is 11.1 Å². The van der Waals surface area contributed by atoms with Gasteiger partial charge in [0.05, 0.1) is 24.0 Å². The summed E-state index contributed by atoms with van der Waals surface area (Å²) in [5.74, 6) is -0.140. The molecule has 2 heterocycles. The molecule has 1 aliphatic heterocycles. The van der Waals surface area contributed by atoms with Crippen LogP contribution in [0.2, 0.25) is 0 Å². The monoisotopic (exact) mass is 341 g/mol. The Kier molecular flexibility index (Phi) is 5.14. The predicted octanol–water partition coefficient (Wildman–Crippen LogP) is 1.02. The summed E-state index contributed by atoms with van der Waals surface area (Å²) in [5, 5.41) is 6.99. The molecule has 0 aliphatic carbocycles. The molecule has 0 radical (unpaired) electrons. The number of para-hydroxylation sites is 1. The molecule has 2 amide bonds. The number of nitrogens with one attached hydrogen (secondary N) is 1. The van der Waals surface area contributed by atoms with E-state index in [0.29, 0.717) is 23.7 Å². The van der Waals surface area contributed by atoms with E-state index in [2.05, 4.69) is 15.3 Å². The number of hydrogen-bond donors (Lipinski definition) is 2. The minimum atomic E-state index is -0.548. The van der Waals surface area contributed by atoms with E-state index in [1.165, 1.54) is 5.56 Å². The first-order chi connectivity index (χ1) is 12.0. The topological polar surface area (TPSA) is 93.3 Å². The summed E-state index contributed by atoms with van der Waals surface area (Å²) in [6.07, 6.45) is 5.99. The highest BCUT2D eigenvalue weighted by Crippen LogP contribution is 2.21. The lowest BCUT2D eigenvalue weighted by atomic mass is 10.0.